The van der Waals surface area contributed by atoms with Crippen molar-refractivity contribution in [2.24, 2.45) is 11.7 Å². The maximum Gasteiger partial charge on any atom is 0.224 e. The molecule has 0 heterocycles. The van der Waals surface area contributed by atoms with Crippen molar-refractivity contribution < 1.29 is 4.79 Å². The summed E-state index contributed by atoms with van der Waals surface area (Å²) >= 11 is 0. The molecule has 3 nitrogen and oxygen atoms in total. The van der Waals surface area contributed by atoms with Crippen LogP contribution in [0.3, 0.4) is 0 Å². The van der Waals surface area contributed by atoms with Crippen LogP contribution in [0.5, 0.6) is 0 Å². The van der Waals surface area contributed by atoms with Gasteiger partial charge in [-0.05, 0) is 24.0 Å². The van der Waals surface area contributed by atoms with Crippen LogP contribution in [0.25, 0.3) is 0 Å². The van der Waals surface area contributed by atoms with Gasteiger partial charge in [0.2, 0.25) is 5.91 Å². The molecule has 2 rings (SSSR count). The van der Waals surface area contributed by atoms with Crippen LogP contribution in [-0.4, -0.2) is 11.9 Å². The fourth-order valence-electron chi connectivity index (χ4n) is 2.66. The maximum atomic E-state index is 12.5. The van der Waals surface area contributed by atoms with Crippen molar-refractivity contribution in [3.8, 4) is 0 Å². The summed E-state index contributed by atoms with van der Waals surface area (Å²) in [7, 11) is 0. The predicted octanol–water partition coefficient (Wildman–Crippen LogP) is 3.88. The van der Waals surface area contributed by atoms with Crippen LogP contribution in [0.1, 0.15) is 37.4 Å². The molecule has 1 amide bonds. The highest BCUT2D eigenvalue weighted by molar-refractivity contribution is 5.85. The molecule has 0 spiro atoms. The van der Waals surface area contributed by atoms with E-state index in [1.165, 1.54) is 5.56 Å². The summed E-state index contributed by atoms with van der Waals surface area (Å²) in [4.78, 5) is 12.5. The van der Waals surface area contributed by atoms with Gasteiger partial charge in [-0.1, -0.05) is 74.5 Å². The lowest BCUT2D eigenvalue weighted by Gasteiger charge is -2.23. The fourth-order valence-corrected chi connectivity index (χ4v) is 2.66. The minimum atomic E-state index is -0.287. The second-order valence-corrected chi connectivity index (χ2v) is 6.03. The zero-order chi connectivity index (χ0) is 16.7. The molecule has 0 radical (unpaired) electrons. The second-order valence-electron chi connectivity index (χ2n) is 6.03. The van der Waals surface area contributed by atoms with Gasteiger partial charge in [0.1, 0.15) is 0 Å². The van der Waals surface area contributed by atoms with Crippen LogP contribution in [0.15, 0.2) is 60.7 Å². The first-order chi connectivity index (χ1) is 11.1. The number of halogens is 1. The van der Waals surface area contributed by atoms with Crippen LogP contribution in [-0.2, 0) is 11.2 Å². The molecule has 0 saturated heterocycles. The lowest BCUT2D eigenvalue weighted by Crippen LogP contribution is -2.42. The van der Waals surface area contributed by atoms with E-state index in [9.17, 15) is 4.79 Å². The molecular formula is C20H27ClN2O. The first-order valence-electron chi connectivity index (χ1n) is 8.26. The van der Waals surface area contributed by atoms with Gasteiger partial charge in [-0.2, -0.15) is 0 Å². The minimum absolute atomic E-state index is 0. The van der Waals surface area contributed by atoms with Gasteiger partial charge in [-0.15, -0.1) is 12.4 Å². The molecule has 0 saturated carbocycles. The monoisotopic (exact) mass is 346 g/mol. The van der Waals surface area contributed by atoms with Gasteiger partial charge in [0.25, 0.3) is 0 Å². The van der Waals surface area contributed by atoms with E-state index >= 15 is 0 Å². The van der Waals surface area contributed by atoms with Crippen molar-refractivity contribution in [3.05, 3.63) is 71.8 Å². The zero-order valence-corrected chi connectivity index (χ0v) is 15.1. The Hall–Kier alpha value is -1.84. The number of rotatable bonds is 7. The molecule has 0 fully saturated rings. The molecule has 0 aliphatic heterocycles. The van der Waals surface area contributed by atoms with Crippen molar-refractivity contribution in [3.63, 3.8) is 0 Å². The minimum Gasteiger partial charge on any atom is -0.353 e. The molecular weight excluding hydrogens is 320 g/mol. The summed E-state index contributed by atoms with van der Waals surface area (Å²) in [6.45, 7) is 3.98. The van der Waals surface area contributed by atoms with Crippen LogP contribution >= 0.6 is 12.4 Å². The topological polar surface area (TPSA) is 55.1 Å². The van der Waals surface area contributed by atoms with Crippen molar-refractivity contribution in [2.45, 2.75) is 38.8 Å². The van der Waals surface area contributed by atoms with Gasteiger partial charge in [-0.25, -0.2) is 0 Å². The molecule has 4 heteroatoms. The zero-order valence-electron chi connectivity index (χ0n) is 14.3. The van der Waals surface area contributed by atoms with E-state index in [1.54, 1.807) is 0 Å². The van der Waals surface area contributed by atoms with E-state index in [0.29, 0.717) is 0 Å². The average molecular weight is 347 g/mol. The third kappa shape index (κ3) is 5.66. The first kappa shape index (κ1) is 20.2. The van der Waals surface area contributed by atoms with E-state index in [2.05, 4.69) is 24.4 Å². The highest BCUT2D eigenvalue weighted by Gasteiger charge is 2.23. The SMILES string of the molecule is CCC(Cc1ccccc1)NC(=O)C(C)C(N)c1ccccc1.Cl. The molecule has 3 N–H and O–H groups in total. The molecule has 0 bridgehead atoms. The standard InChI is InChI=1S/C20H26N2O.ClH/c1-3-18(14-16-10-6-4-7-11-16)22-20(23)15(2)19(21)17-12-8-5-9-13-17;/h4-13,15,18-19H,3,14,21H2,1-2H3,(H,22,23);1H. The molecule has 2 aromatic carbocycles. The van der Waals surface area contributed by atoms with E-state index in [0.717, 1.165) is 18.4 Å². The van der Waals surface area contributed by atoms with Gasteiger partial charge >= 0.3 is 0 Å². The van der Waals surface area contributed by atoms with Gasteiger partial charge in [0.15, 0.2) is 0 Å². The van der Waals surface area contributed by atoms with E-state index in [1.807, 2.05) is 55.5 Å². The summed E-state index contributed by atoms with van der Waals surface area (Å²) in [6, 6.07) is 19.9. The Bertz CT molecular complexity index is 604. The lowest BCUT2D eigenvalue weighted by atomic mass is 9.94. The summed E-state index contributed by atoms with van der Waals surface area (Å²) in [6.07, 6.45) is 1.74. The van der Waals surface area contributed by atoms with Crippen LogP contribution in [0.2, 0.25) is 0 Å². The Morgan fingerprint density at radius 1 is 1.04 bits per heavy atom. The van der Waals surface area contributed by atoms with Gasteiger partial charge in [0.05, 0.1) is 5.92 Å². The van der Waals surface area contributed by atoms with Crippen molar-refractivity contribution in [1.82, 2.24) is 5.32 Å². The molecule has 0 aliphatic carbocycles. The van der Waals surface area contributed by atoms with E-state index < -0.39 is 0 Å². The Morgan fingerprint density at radius 2 is 1.58 bits per heavy atom. The number of nitrogens with one attached hydrogen (secondary N) is 1. The van der Waals surface area contributed by atoms with E-state index in [-0.39, 0.29) is 36.3 Å². The average Bonchev–Trinajstić information content (AvgIpc) is 2.61. The number of nitrogens with two attached hydrogens (primary N) is 1. The Morgan fingerprint density at radius 3 is 2.12 bits per heavy atom. The number of benzene rings is 2. The molecule has 24 heavy (non-hydrogen) atoms. The first-order valence-corrected chi connectivity index (χ1v) is 8.26. The molecule has 130 valence electrons. The van der Waals surface area contributed by atoms with Crippen LogP contribution < -0.4 is 11.1 Å². The van der Waals surface area contributed by atoms with Gasteiger partial charge in [0, 0.05) is 12.1 Å². The largest absolute Gasteiger partial charge is 0.353 e. The molecule has 3 unspecified atom stereocenters. The summed E-state index contributed by atoms with van der Waals surface area (Å²) in [5.41, 5.74) is 8.48. The Labute approximate surface area is 151 Å². The Balaban J connectivity index is 0.00000288. The second kappa shape index (κ2) is 10.1. The highest BCUT2D eigenvalue weighted by Crippen LogP contribution is 2.19. The van der Waals surface area contributed by atoms with Crippen molar-refractivity contribution in [2.75, 3.05) is 0 Å². The normalized spacial score (nSPS) is 14.1. The summed E-state index contributed by atoms with van der Waals surface area (Å²) in [5.74, 6) is -0.244. The molecule has 2 aromatic rings. The van der Waals surface area contributed by atoms with Crippen molar-refractivity contribution >= 4 is 18.3 Å². The lowest BCUT2D eigenvalue weighted by molar-refractivity contribution is -0.125. The number of carbonyl (C=O) groups excluding carboxylic acids is 1. The fraction of sp³-hybridized carbons (Fsp3) is 0.350. The number of amides is 1. The third-order valence-corrected chi connectivity index (χ3v) is 4.30. The third-order valence-electron chi connectivity index (χ3n) is 4.30. The highest BCUT2D eigenvalue weighted by atomic mass is 35.5. The molecule has 0 aromatic heterocycles. The predicted molar refractivity (Wildman–Crippen MR) is 102 cm³/mol. The summed E-state index contributed by atoms with van der Waals surface area (Å²) < 4.78 is 0. The maximum absolute atomic E-state index is 12.5. The molecule has 0 aliphatic rings. The summed E-state index contributed by atoms with van der Waals surface area (Å²) in [5, 5.41) is 3.15. The van der Waals surface area contributed by atoms with E-state index in [4.69, 9.17) is 5.73 Å². The quantitative estimate of drug-likeness (QED) is 0.799. The number of carbonyl (C=O) groups is 1. The van der Waals surface area contributed by atoms with Crippen LogP contribution in [0.4, 0.5) is 0 Å². The van der Waals surface area contributed by atoms with Gasteiger partial charge in [-0.3, -0.25) is 4.79 Å². The number of hydrogen-bond acceptors (Lipinski definition) is 2. The van der Waals surface area contributed by atoms with Crippen LogP contribution in [0, 0.1) is 5.92 Å². The smallest absolute Gasteiger partial charge is 0.224 e. The van der Waals surface area contributed by atoms with Gasteiger partial charge < -0.3 is 11.1 Å². The Kier molecular flexibility index (Phi) is 8.51. The molecule has 3 atom stereocenters. The van der Waals surface area contributed by atoms with Crippen molar-refractivity contribution in [1.29, 1.82) is 0 Å². The number of hydrogen-bond donors (Lipinski definition) is 2.